The summed E-state index contributed by atoms with van der Waals surface area (Å²) in [5.74, 6) is -1.29. The molecule has 10 heteroatoms. The molecular weight excluding hydrogens is 471 g/mol. The molecule has 1 aliphatic heterocycles. The van der Waals surface area contributed by atoms with E-state index in [0.717, 1.165) is 0 Å². The molecule has 0 bridgehead atoms. The number of nitrogens with two attached hydrogens (primary N) is 1. The number of benzene rings is 2. The average molecular weight is 495 g/mol. The van der Waals surface area contributed by atoms with Gasteiger partial charge in [0.15, 0.2) is 0 Å². The maximum atomic E-state index is 13.8. The zero-order valence-electron chi connectivity index (χ0n) is 19.5. The van der Waals surface area contributed by atoms with E-state index in [9.17, 15) is 14.0 Å². The van der Waals surface area contributed by atoms with Gasteiger partial charge in [0, 0.05) is 17.8 Å². The Kier molecular flexibility index (Phi) is 6.26. The second-order valence-electron chi connectivity index (χ2n) is 9.49. The summed E-state index contributed by atoms with van der Waals surface area (Å²) >= 11 is 5.98. The van der Waals surface area contributed by atoms with Crippen molar-refractivity contribution in [3.05, 3.63) is 70.1 Å². The van der Waals surface area contributed by atoms with Crippen molar-refractivity contribution in [1.29, 1.82) is 5.26 Å². The average Bonchev–Trinajstić information content (AvgIpc) is 3.19. The largest absolute Gasteiger partial charge is 0.365 e. The lowest BCUT2D eigenvalue weighted by Gasteiger charge is -2.40. The van der Waals surface area contributed by atoms with E-state index in [4.69, 9.17) is 27.7 Å². The first-order valence-corrected chi connectivity index (χ1v) is 11.3. The van der Waals surface area contributed by atoms with Gasteiger partial charge in [0.1, 0.15) is 11.5 Å². The van der Waals surface area contributed by atoms with E-state index in [2.05, 4.69) is 5.32 Å². The Bertz CT molecular complexity index is 1350. The topological polar surface area (TPSA) is 117 Å². The number of hydrogen-bond acceptors (Lipinski definition) is 4. The zero-order valence-corrected chi connectivity index (χ0v) is 20.2. The van der Waals surface area contributed by atoms with Crippen LogP contribution < -0.4 is 11.1 Å². The van der Waals surface area contributed by atoms with Crippen LogP contribution in [0.25, 0.3) is 11.3 Å². The fraction of sp³-hybridized carbons (Fsp3) is 0.280. The van der Waals surface area contributed by atoms with Crippen molar-refractivity contribution in [3.8, 4) is 17.3 Å². The highest BCUT2D eigenvalue weighted by molar-refractivity contribution is 6.31. The molecule has 35 heavy (non-hydrogen) atoms. The lowest BCUT2D eigenvalue weighted by molar-refractivity contribution is 0.0987. The molecule has 180 valence electrons. The number of urea groups is 1. The smallest absolute Gasteiger partial charge is 0.322 e. The molecule has 4 rings (SSSR count). The van der Waals surface area contributed by atoms with Crippen LogP contribution in [0.3, 0.4) is 0 Å². The van der Waals surface area contributed by atoms with Crippen molar-refractivity contribution in [2.75, 3.05) is 11.9 Å². The number of nitrogens with one attached hydrogen (secondary N) is 1. The minimum Gasteiger partial charge on any atom is -0.365 e. The van der Waals surface area contributed by atoms with Gasteiger partial charge in [-0.05, 0) is 47.9 Å². The maximum Gasteiger partial charge on any atom is 0.322 e. The third-order valence-electron chi connectivity index (χ3n) is 6.03. The number of anilines is 1. The van der Waals surface area contributed by atoms with Crippen LogP contribution in [0.1, 0.15) is 48.4 Å². The molecule has 3 aromatic rings. The van der Waals surface area contributed by atoms with Crippen molar-refractivity contribution < 1.29 is 14.0 Å². The van der Waals surface area contributed by atoms with Crippen LogP contribution >= 0.6 is 11.6 Å². The lowest BCUT2D eigenvalue weighted by atomic mass is 9.85. The fourth-order valence-electron chi connectivity index (χ4n) is 4.14. The van der Waals surface area contributed by atoms with Crippen molar-refractivity contribution in [2.45, 2.75) is 33.4 Å². The minimum absolute atomic E-state index is 0.0922. The Morgan fingerprint density at radius 3 is 2.49 bits per heavy atom. The van der Waals surface area contributed by atoms with Crippen molar-refractivity contribution >= 4 is 29.2 Å². The summed E-state index contributed by atoms with van der Waals surface area (Å²) in [4.78, 5) is 27.4. The SMILES string of the molecule is CC(C)(C)C1CN(C(=O)Nc2ccc(C#N)cc2)Cc2c(C(N)=O)c(-c3ccc(F)c(Cl)c3)nn21. The normalized spacial score (nSPS) is 15.3. The van der Waals surface area contributed by atoms with Gasteiger partial charge in [-0.1, -0.05) is 32.4 Å². The molecule has 3 amide bonds. The third kappa shape index (κ3) is 4.70. The van der Waals surface area contributed by atoms with Gasteiger partial charge in [0.2, 0.25) is 0 Å². The number of carbonyl (C=O) groups is 2. The number of primary amides is 1. The predicted octanol–water partition coefficient (Wildman–Crippen LogP) is 4.95. The highest BCUT2D eigenvalue weighted by Gasteiger charge is 2.39. The van der Waals surface area contributed by atoms with Crippen molar-refractivity contribution in [2.24, 2.45) is 11.1 Å². The molecule has 3 N–H and O–H groups in total. The lowest BCUT2D eigenvalue weighted by Crippen LogP contribution is -2.47. The standard InChI is InChI=1S/C25H24ClFN6O2/c1-25(2,3)20-13-32(24(35)30-16-7-4-14(11-28)5-8-16)12-19-21(23(29)34)22(31-33(19)20)15-6-9-18(27)17(26)10-15/h4-10,20H,12-13H2,1-3H3,(H2,29,34)(H,30,35). The quantitative estimate of drug-likeness (QED) is 0.535. The van der Waals surface area contributed by atoms with Crippen LogP contribution in [0, 0.1) is 22.6 Å². The number of amides is 3. The molecule has 8 nitrogen and oxygen atoms in total. The van der Waals surface area contributed by atoms with E-state index in [0.29, 0.717) is 29.1 Å². The first kappa shape index (κ1) is 24.2. The third-order valence-corrected chi connectivity index (χ3v) is 6.32. The second-order valence-corrected chi connectivity index (χ2v) is 9.90. The molecule has 0 saturated carbocycles. The Morgan fingerprint density at radius 2 is 1.91 bits per heavy atom. The Labute approximate surface area is 207 Å². The molecular formula is C25H24ClFN6O2. The predicted molar refractivity (Wildman–Crippen MR) is 130 cm³/mol. The molecule has 1 aromatic heterocycles. The van der Waals surface area contributed by atoms with Gasteiger partial charge in [0.05, 0.1) is 40.5 Å². The number of nitrogens with zero attached hydrogens (tertiary/aromatic N) is 4. The van der Waals surface area contributed by atoms with E-state index in [1.165, 1.54) is 18.2 Å². The Morgan fingerprint density at radius 1 is 1.23 bits per heavy atom. The molecule has 2 aromatic carbocycles. The second kappa shape index (κ2) is 9.04. The number of hydrogen-bond donors (Lipinski definition) is 2. The summed E-state index contributed by atoms with van der Waals surface area (Å²) < 4.78 is 15.5. The highest BCUT2D eigenvalue weighted by atomic mass is 35.5. The monoisotopic (exact) mass is 494 g/mol. The van der Waals surface area contributed by atoms with Gasteiger partial charge in [-0.2, -0.15) is 10.4 Å². The fourth-order valence-corrected chi connectivity index (χ4v) is 4.32. The number of aromatic nitrogens is 2. The highest BCUT2D eigenvalue weighted by Crippen LogP contribution is 2.39. The summed E-state index contributed by atoms with van der Waals surface area (Å²) in [6, 6.07) is 12.0. The van der Waals surface area contributed by atoms with Crippen molar-refractivity contribution in [1.82, 2.24) is 14.7 Å². The summed E-state index contributed by atoms with van der Waals surface area (Å²) in [6.45, 7) is 6.48. The first-order valence-electron chi connectivity index (χ1n) is 10.9. The van der Waals surface area contributed by atoms with Crippen molar-refractivity contribution in [3.63, 3.8) is 0 Å². The van der Waals surface area contributed by atoms with Crippen LogP contribution in [-0.2, 0) is 6.54 Å². The summed E-state index contributed by atoms with van der Waals surface area (Å²) in [5.41, 5.74) is 7.86. The van der Waals surface area contributed by atoms with Gasteiger partial charge in [-0.3, -0.25) is 9.48 Å². The molecule has 0 fully saturated rings. The van der Waals surface area contributed by atoms with E-state index < -0.39 is 11.7 Å². The van der Waals surface area contributed by atoms with Crippen LogP contribution in [0.5, 0.6) is 0 Å². The molecule has 1 aliphatic rings. The Balaban J connectivity index is 1.76. The van der Waals surface area contributed by atoms with Crippen LogP contribution in [0.2, 0.25) is 5.02 Å². The van der Waals surface area contributed by atoms with E-state index in [1.54, 1.807) is 33.8 Å². The first-order chi connectivity index (χ1) is 16.5. The van der Waals surface area contributed by atoms with Gasteiger partial charge < -0.3 is 16.0 Å². The number of carbonyl (C=O) groups excluding carboxylic acids is 2. The molecule has 2 heterocycles. The molecule has 0 aliphatic carbocycles. The molecule has 0 saturated heterocycles. The molecule has 0 radical (unpaired) electrons. The summed E-state index contributed by atoms with van der Waals surface area (Å²) in [7, 11) is 0. The van der Waals surface area contributed by atoms with E-state index in [-0.39, 0.29) is 40.3 Å². The minimum atomic E-state index is -0.705. The molecule has 1 atom stereocenters. The van der Waals surface area contributed by atoms with Gasteiger partial charge in [-0.15, -0.1) is 0 Å². The van der Waals surface area contributed by atoms with Gasteiger partial charge >= 0.3 is 6.03 Å². The number of halogens is 2. The maximum absolute atomic E-state index is 13.8. The number of rotatable bonds is 3. The Hall–Kier alpha value is -3.90. The van der Waals surface area contributed by atoms with E-state index in [1.807, 2.05) is 26.8 Å². The van der Waals surface area contributed by atoms with Crippen LogP contribution in [0.4, 0.5) is 14.9 Å². The molecule has 0 spiro atoms. The van der Waals surface area contributed by atoms with Gasteiger partial charge in [0.25, 0.3) is 5.91 Å². The van der Waals surface area contributed by atoms with Crippen LogP contribution in [-0.4, -0.2) is 33.2 Å². The zero-order chi connectivity index (χ0) is 25.5. The van der Waals surface area contributed by atoms with E-state index >= 15 is 0 Å². The van der Waals surface area contributed by atoms with Gasteiger partial charge in [-0.25, -0.2) is 9.18 Å². The number of nitriles is 1. The summed E-state index contributed by atoms with van der Waals surface area (Å²) in [6.07, 6.45) is 0. The number of fused-ring (bicyclic) bond motifs is 1. The van der Waals surface area contributed by atoms with Crippen LogP contribution in [0.15, 0.2) is 42.5 Å². The summed E-state index contributed by atoms with van der Waals surface area (Å²) in [5, 5.41) is 16.4. The molecule has 1 unspecified atom stereocenters.